The zero-order valence-electron chi connectivity index (χ0n) is 25.0. The van der Waals surface area contributed by atoms with E-state index in [1.54, 1.807) is 11.0 Å². The SMILES string of the molecule is CNC(=O)c1cc2c(c(F)c1-c1c(Cl)c(F)cc3c1C[C@](c1ccccc1)([C@@H]1CCCN1C(=O)OC(C)(C)C)O3)CCC2Cl. The number of fused-ring (bicyclic) bond motifs is 2. The predicted octanol–water partition coefficient (Wildman–Crippen LogP) is 8.10. The number of ether oxygens (including phenoxy) is 2. The van der Waals surface area contributed by atoms with Gasteiger partial charge in [-0.15, -0.1) is 11.6 Å². The van der Waals surface area contributed by atoms with E-state index < -0.39 is 46.3 Å². The molecule has 0 bridgehead atoms. The lowest BCUT2D eigenvalue weighted by molar-refractivity contribution is -0.0216. The second-order valence-electron chi connectivity index (χ2n) is 12.7. The third-order valence-corrected chi connectivity index (χ3v) is 9.63. The number of likely N-dealkylation sites (tertiary alicyclic amines) is 1. The third kappa shape index (κ3) is 5.00. The summed E-state index contributed by atoms with van der Waals surface area (Å²) in [5.41, 5.74) is 0.286. The van der Waals surface area contributed by atoms with Crippen molar-refractivity contribution < 1.29 is 27.8 Å². The Morgan fingerprint density at radius 1 is 1.09 bits per heavy atom. The number of alkyl halides is 1. The number of hydrogen-bond donors (Lipinski definition) is 1. The number of carbonyl (C=O) groups excluding carboxylic acids is 2. The molecule has 2 heterocycles. The average molecular weight is 644 g/mol. The molecule has 1 N–H and O–H groups in total. The molecule has 3 aliphatic rings. The van der Waals surface area contributed by atoms with Crippen molar-refractivity contribution in [1.29, 1.82) is 0 Å². The van der Waals surface area contributed by atoms with Crippen LogP contribution in [-0.2, 0) is 23.2 Å². The number of benzene rings is 3. The molecule has 1 fully saturated rings. The molecule has 0 aromatic heterocycles. The number of rotatable bonds is 4. The maximum Gasteiger partial charge on any atom is 0.410 e. The molecule has 2 amide bonds. The Kier molecular flexibility index (Phi) is 7.82. The van der Waals surface area contributed by atoms with Crippen LogP contribution in [0.2, 0.25) is 5.02 Å². The number of nitrogens with zero attached hydrogens (tertiary/aromatic N) is 1. The number of nitrogens with one attached hydrogen (secondary N) is 1. The number of carbonyl (C=O) groups is 2. The minimum absolute atomic E-state index is 0.0134. The molecule has 44 heavy (non-hydrogen) atoms. The Morgan fingerprint density at radius 3 is 2.50 bits per heavy atom. The summed E-state index contributed by atoms with van der Waals surface area (Å²) in [5, 5.41) is 1.82. The van der Waals surface area contributed by atoms with Gasteiger partial charge in [0.25, 0.3) is 5.91 Å². The summed E-state index contributed by atoms with van der Waals surface area (Å²) in [6.07, 6.45) is 1.88. The van der Waals surface area contributed by atoms with Gasteiger partial charge >= 0.3 is 6.09 Å². The first-order valence-corrected chi connectivity index (χ1v) is 15.6. The molecule has 3 aromatic rings. The molecule has 6 nitrogen and oxygen atoms in total. The molecule has 232 valence electrons. The van der Waals surface area contributed by atoms with Crippen LogP contribution >= 0.6 is 23.2 Å². The van der Waals surface area contributed by atoms with Crippen LogP contribution in [-0.4, -0.2) is 42.1 Å². The van der Waals surface area contributed by atoms with Gasteiger partial charge in [-0.25, -0.2) is 13.6 Å². The normalized spacial score (nSPS) is 22.4. The van der Waals surface area contributed by atoms with Gasteiger partial charge in [0.1, 0.15) is 23.0 Å². The van der Waals surface area contributed by atoms with Gasteiger partial charge in [0.15, 0.2) is 5.60 Å². The summed E-state index contributed by atoms with van der Waals surface area (Å²) >= 11 is 13.2. The van der Waals surface area contributed by atoms with Gasteiger partial charge in [-0.1, -0.05) is 41.9 Å². The fraction of sp³-hybridized carbons (Fsp3) is 0.412. The first-order valence-electron chi connectivity index (χ1n) is 14.8. The fourth-order valence-electron chi connectivity index (χ4n) is 6.94. The van der Waals surface area contributed by atoms with Crippen LogP contribution in [0.25, 0.3) is 11.1 Å². The molecule has 3 atom stereocenters. The number of amides is 2. The van der Waals surface area contributed by atoms with E-state index in [2.05, 4.69) is 5.32 Å². The predicted molar refractivity (Wildman–Crippen MR) is 166 cm³/mol. The average Bonchev–Trinajstić information content (AvgIpc) is 3.71. The smallest absolute Gasteiger partial charge is 0.410 e. The monoisotopic (exact) mass is 642 g/mol. The maximum absolute atomic E-state index is 16.6. The van der Waals surface area contributed by atoms with Crippen LogP contribution in [0.4, 0.5) is 13.6 Å². The molecule has 1 unspecified atom stereocenters. The Hall–Kier alpha value is -3.36. The summed E-state index contributed by atoms with van der Waals surface area (Å²) in [4.78, 5) is 28.3. The molecule has 1 saturated heterocycles. The zero-order chi connectivity index (χ0) is 31.6. The van der Waals surface area contributed by atoms with Crippen LogP contribution in [0.1, 0.15) is 78.0 Å². The van der Waals surface area contributed by atoms with Crippen molar-refractivity contribution in [1.82, 2.24) is 10.2 Å². The van der Waals surface area contributed by atoms with Crippen molar-refractivity contribution in [3.05, 3.63) is 86.9 Å². The van der Waals surface area contributed by atoms with Crippen molar-refractivity contribution in [3.8, 4) is 16.9 Å². The Morgan fingerprint density at radius 2 is 1.82 bits per heavy atom. The van der Waals surface area contributed by atoms with Crippen molar-refractivity contribution in [3.63, 3.8) is 0 Å². The van der Waals surface area contributed by atoms with E-state index in [0.29, 0.717) is 48.9 Å². The second kappa shape index (κ2) is 11.2. The zero-order valence-corrected chi connectivity index (χ0v) is 26.5. The largest absolute Gasteiger partial charge is 0.480 e. The van der Waals surface area contributed by atoms with Crippen LogP contribution in [0.5, 0.6) is 5.75 Å². The first kappa shape index (κ1) is 30.7. The van der Waals surface area contributed by atoms with Crippen molar-refractivity contribution in [2.45, 2.75) is 75.5 Å². The van der Waals surface area contributed by atoms with E-state index in [-0.39, 0.29) is 33.9 Å². The van der Waals surface area contributed by atoms with Crippen molar-refractivity contribution in [2.24, 2.45) is 0 Å². The quantitative estimate of drug-likeness (QED) is 0.292. The molecule has 6 rings (SSSR count). The van der Waals surface area contributed by atoms with Crippen LogP contribution in [0, 0.1) is 11.6 Å². The summed E-state index contributed by atoms with van der Waals surface area (Å²) in [7, 11) is 1.45. The summed E-state index contributed by atoms with van der Waals surface area (Å²) < 4.78 is 44.8. The molecule has 0 saturated carbocycles. The summed E-state index contributed by atoms with van der Waals surface area (Å²) in [6, 6.07) is 11.7. The minimum atomic E-state index is -1.16. The van der Waals surface area contributed by atoms with Gasteiger partial charge < -0.3 is 19.7 Å². The van der Waals surface area contributed by atoms with E-state index in [1.165, 1.54) is 13.1 Å². The maximum atomic E-state index is 16.6. The minimum Gasteiger partial charge on any atom is -0.480 e. The highest BCUT2D eigenvalue weighted by atomic mass is 35.5. The highest BCUT2D eigenvalue weighted by Gasteiger charge is 2.54. The van der Waals surface area contributed by atoms with Crippen molar-refractivity contribution in [2.75, 3.05) is 13.6 Å². The van der Waals surface area contributed by atoms with E-state index in [1.807, 2.05) is 51.1 Å². The van der Waals surface area contributed by atoms with Crippen LogP contribution in [0.3, 0.4) is 0 Å². The molecular weight excluding hydrogens is 609 g/mol. The highest BCUT2D eigenvalue weighted by Crippen LogP contribution is 2.54. The number of halogens is 4. The first-order chi connectivity index (χ1) is 20.9. The van der Waals surface area contributed by atoms with E-state index in [4.69, 9.17) is 32.7 Å². The molecule has 2 aliphatic heterocycles. The molecule has 0 spiro atoms. The molecular formula is C34H34Cl2F2N2O4. The van der Waals surface area contributed by atoms with Gasteiger partial charge in [-0.3, -0.25) is 4.79 Å². The van der Waals surface area contributed by atoms with Gasteiger partial charge in [-0.05, 0) is 69.2 Å². The Labute approximate surface area is 265 Å². The lowest BCUT2D eigenvalue weighted by atomic mass is 9.79. The third-order valence-electron chi connectivity index (χ3n) is 8.81. The van der Waals surface area contributed by atoms with E-state index in [0.717, 1.165) is 5.56 Å². The Bertz CT molecular complexity index is 1660. The standard InChI is InChI=1S/C34H34Cl2F2N2O4/c1-33(2,3)44-32(42)40-14-8-11-26(40)34(18-9-6-5-7-10-18)17-22-25(43-34)16-24(37)29(36)27(22)28-21(31(41)39-4)15-20-19(30(28)38)12-13-23(20)35/h5-7,9-10,15-16,23,26H,8,11-14,17H2,1-4H3,(H,39,41)/t23?,26-,34-/m0/s1. The van der Waals surface area contributed by atoms with Crippen molar-refractivity contribution >= 4 is 35.2 Å². The second-order valence-corrected chi connectivity index (χ2v) is 13.6. The fourth-order valence-corrected chi connectivity index (χ4v) is 7.51. The Balaban J connectivity index is 1.56. The van der Waals surface area contributed by atoms with Crippen LogP contribution in [0.15, 0.2) is 42.5 Å². The van der Waals surface area contributed by atoms with E-state index in [9.17, 15) is 9.59 Å². The highest BCUT2D eigenvalue weighted by molar-refractivity contribution is 6.34. The van der Waals surface area contributed by atoms with Gasteiger partial charge in [0.05, 0.1) is 22.0 Å². The molecule has 0 radical (unpaired) electrons. The lowest BCUT2D eigenvalue weighted by Crippen LogP contribution is -2.53. The molecule has 3 aromatic carbocycles. The number of hydrogen-bond acceptors (Lipinski definition) is 4. The van der Waals surface area contributed by atoms with E-state index >= 15 is 8.78 Å². The lowest BCUT2D eigenvalue weighted by Gasteiger charge is -2.40. The molecule has 10 heteroatoms. The summed E-state index contributed by atoms with van der Waals surface area (Å²) in [5.74, 6) is -1.82. The topological polar surface area (TPSA) is 67.9 Å². The van der Waals surface area contributed by atoms with Gasteiger partial charge in [-0.2, -0.15) is 0 Å². The van der Waals surface area contributed by atoms with Gasteiger partial charge in [0.2, 0.25) is 0 Å². The van der Waals surface area contributed by atoms with Crippen LogP contribution < -0.4 is 10.1 Å². The van der Waals surface area contributed by atoms with Gasteiger partial charge in [0, 0.05) is 42.8 Å². The summed E-state index contributed by atoms with van der Waals surface area (Å²) in [6.45, 7) is 5.88. The molecule has 1 aliphatic carbocycles.